The number of hydrogen-bond acceptors (Lipinski definition) is 3. The first-order chi connectivity index (χ1) is 13.1. The normalized spacial score (nSPS) is 14.0. The summed E-state index contributed by atoms with van der Waals surface area (Å²) in [5, 5.41) is 8.15. The summed E-state index contributed by atoms with van der Waals surface area (Å²) in [6.45, 7) is 0. The van der Waals surface area contributed by atoms with Crippen molar-refractivity contribution in [2.75, 3.05) is 0 Å². The molecule has 0 bridgehead atoms. The summed E-state index contributed by atoms with van der Waals surface area (Å²) >= 11 is 0. The standard InChI is InChI=1S/C20H13F3N4/c21-13-3-1-11(2-4-13)17-7-12(10-24-26-17)20-25-18-8-15(22)16(23)9-19(18)27(20)14-5-6-14/h1-4,7-10,14H,5-6H2. The number of rotatable bonds is 3. The van der Waals surface area contributed by atoms with E-state index in [4.69, 9.17) is 0 Å². The number of halogens is 3. The Hall–Kier alpha value is -3.22. The predicted molar refractivity (Wildman–Crippen MR) is 94.3 cm³/mol. The SMILES string of the molecule is Fc1ccc(-c2cc(-c3nc4cc(F)c(F)cc4n3C3CC3)cnn2)cc1. The van der Waals surface area contributed by atoms with E-state index in [1.54, 1.807) is 24.4 Å². The lowest BCUT2D eigenvalue weighted by Gasteiger charge is -2.08. The Morgan fingerprint density at radius 3 is 2.37 bits per heavy atom. The van der Waals surface area contributed by atoms with Gasteiger partial charge in [0.1, 0.15) is 11.6 Å². The van der Waals surface area contributed by atoms with Gasteiger partial charge in [0.2, 0.25) is 0 Å². The predicted octanol–water partition coefficient (Wildman–Crippen LogP) is 4.91. The number of aromatic nitrogens is 4. The average Bonchev–Trinajstić information content (AvgIpc) is 3.45. The van der Waals surface area contributed by atoms with Gasteiger partial charge in [-0.1, -0.05) is 0 Å². The Bertz CT molecular complexity index is 1160. The molecule has 0 aliphatic heterocycles. The molecule has 0 unspecified atom stereocenters. The Morgan fingerprint density at radius 2 is 1.63 bits per heavy atom. The molecule has 0 spiro atoms. The van der Waals surface area contributed by atoms with Crippen molar-refractivity contribution in [3.8, 4) is 22.6 Å². The molecular formula is C20H13F3N4. The quantitative estimate of drug-likeness (QED) is 0.517. The zero-order valence-electron chi connectivity index (χ0n) is 14.0. The molecule has 0 atom stereocenters. The maximum absolute atomic E-state index is 13.8. The molecule has 0 saturated heterocycles. The maximum Gasteiger partial charge on any atom is 0.161 e. The highest BCUT2D eigenvalue weighted by Gasteiger charge is 2.29. The molecule has 0 N–H and O–H groups in total. The summed E-state index contributed by atoms with van der Waals surface area (Å²) in [5.74, 6) is -1.55. The topological polar surface area (TPSA) is 43.6 Å². The molecule has 4 aromatic rings. The summed E-state index contributed by atoms with van der Waals surface area (Å²) in [7, 11) is 0. The van der Waals surface area contributed by atoms with Crippen LogP contribution < -0.4 is 0 Å². The minimum absolute atomic E-state index is 0.206. The molecular weight excluding hydrogens is 353 g/mol. The monoisotopic (exact) mass is 366 g/mol. The van der Waals surface area contributed by atoms with E-state index < -0.39 is 11.6 Å². The lowest BCUT2D eigenvalue weighted by Crippen LogP contribution is -1.99. The van der Waals surface area contributed by atoms with E-state index in [0.29, 0.717) is 28.1 Å². The third-order valence-electron chi connectivity index (χ3n) is 4.70. The molecule has 7 heteroatoms. The van der Waals surface area contributed by atoms with Crippen molar-refractivity contribution >= 4 is 11.0 Å². The number of fused-ring (bicyclic) bond motifs is 1. The molecule has 2 aromatic carbocycles. The smallest absolute Gasteiger partial charge is 0.161 e. The Morgan fingerprint density at radius 1 is 0.889 bits per heavy atom. The first-order valence-corrected chi connectivity index (χ1v) is 8.56. The fraction of sp³-hybridized carbons (Fsp3) is 0.150. The van der Waals surface area contributed by atoms with Gasteiger partial charge in [0.25, 0.3) is 0 Å². The third-order valence-corrected chi connectivity index (χ3v) is 4.70. The van der Waals surface area contributed by atoms with Gasteiger partial charge >= 0.3 is 0 Å². The molecule has 0 radical (unpaired) electrons. The number of imidazole rings is 1. The lowest BCUT2D eigenvalue weighted by molar-refractivity contribution is 0.510. The van der Waals surface area contributed by atoms with Crippen LogP contribution in [0.1, 0.15) is 18.9 Å². The van der Waals surface area contributed by atoms with E-state index in [-0.39, 0.29) is 11.9 Å². The molecule has 27 heavy (non-hydrogen) atoms. The fourth-order valence-corrected chi connectivity index (χ4v) is 3.25. The Kier molecular flexibility index (Phi) is 3.50. The van der Waals surface area contributed by atoms with Gasteiger partial charge in [-0.05, 0) is 43.2 Å². The van der Waals surface area contributed by atoms with E-state index in [9.17, 15) is 13.2 Å². The van der Waals surface area contributed by atoms with Crippen molar-refractivity contribution in [1.82, 2.24) is 19.7 Å². The van der Waals surface area contributed by atoms with Gasteiger partial charge < -0.3 is 4.57 Å². The molecule has 2 aromatic heterocycles. The van der Waals surface area contributed by atoms with Crippen molar-refractivity contribution in [2.45, 2.75) is 18.9 Å². The van der Waals surface area contributed by atoms with Crippen LogP contribution in [0, 0.1) is 17.5 Å². The Balaban J connectivity index is 1.68. The van der Waals surface area contributed by atoms with Gasteiger partial charge in [0, 0.05) is 29.3 Å². The van der Waals surface area contributed by atoms with Gasteiger partial charge in [-0.3, -0.25) is 0 Å². The highest BCUT2D eigenvalue weighted by molar-refractivity contribution is 5.82. The van der Waals surface area contributed by atoms with Crippen LogP contribution in [0.2, 0.25) is 0 Å². The van der Waals surface area contributed by atoms with Crippen LogP contribution in [0.4, 0.5) is 13.2 Å². The second-order valence-corrected chi connectivity index (χ2v) is 6.63. The molecule has 1 aliphatic carbocycles. The second-order valence-electron chi connectivity index (χ2n) is 6.63. The molecule has 1 fully saturated rings. The highest BCUT2D eigenvalue weighted by Crippen LogP contribution is 2.41. The van der Waals surface area contributed by atoms with E-state index in [1.165, 1.54) is 18.2 Å². The van der Waals surface area contributed by atoms with Gasteiger partial charge in [-0.15, -0.1) is 0 Å². The van der Waals surface area contributed by atoms with Crippen LogP contribution >= 0.6 is 0 Å². The molecule has 1 aliphatic rings. The Labute approximate surface area is 152 Å². The van der Waals surface area contributed by atoms with E-state index in [0.717, 1.165) is 24.5 Å². The van der Waals surface area contributed by atoms with Crippen molar-refractivity contribution < 1.29 is 13.2 Å². The van der Waals surface area contributed by atoms with E-state index in [1.807, 2.05) is 4.57 Å². The number of nitrogens with zero attached hydrogens (tertiary/aromatic N) is 4. The fourth-order valence-electron chi connectivity index (χ4n) is 3.25. The second kappa shape index (κ2) is 5.90. The molecule has 0 amide bonds. The first kappa shape index (κ1) is 16.0. The van der Waals surface area contributed by atoms with Crippen molar-refractivity contribution in [3.05, 3.63) is 66.1 Å². The average molecular weight is 366 g/mol. The molecule has 5 rings (SSSR count). The van der Waals surface area contributed by atoms with Crippen LogP contribution in [0.3, 0.4) is 0 Å². The van der Waals surface area contributed by atoms with Gasteiger partial charge in [-0.2, -0.15) is 10.2 Å². The number of benzene rings is 2. The largest absolute Gasteiger partial charge is 0.321 e. The molecule has 134 valence electrons. The summed E-state index contributed by atoms with van der Waals surface area (Å²) in [5.41, 5.74) is 2.94. The summed E-state index contributed by atoms with van der Waals surface area (Å²) in [4.78, 5) is 4.52. The molecule has 4 nitrogen and oxygen atoms in total. The summed E-state index contributed by atoms with van der Waals surface area (Å²) in [6, 6.07) is 10.3. The van der Waals surface area contributed by atoms with E-state index in [2.05, 4.69) is 15.2 Å². The zero-order chi connectivity index (χ0) is 18.5. The van der Waals surface area contributed by atoms with Crippen LogP contribution in [0.25, 0.3) is 33.7 Å². The zero-order valence-corrected chi connectivity index (χ0v) is 14.0. The van der Waals surface area contributed by atoms with Crippen LogP contribution in [0.5, 0.6) is 0 Å². The van der Waals surface area contributed by atoms with Crippen molar-refractivity contribution in [3.63, 3.8) is 0 Å². The maximum atomic E-state index is 13.8. The minimum atomic E-state index is -0.922. The highest BCUT2D eigenvalue weighted by atomic mass is 19.2. The van der Waals surface area contributed by atoms with Gasteiger partial charge in [0.05, 0.1) is 22.9 Å². The summed E-state index contributed by atoms with van der Waals surface area (Å²) < 4.78 is 42.5. The lowest BCUT2D eigenvalue weighted by atomic mass is 10.1. The van der Waals surface area contributed by atoms with E-state index >= 15 is 0 Å². The van der Waals surface area contributed by atoms with Crippen LogP contribution in [-0.2, 0) is 0 Å². The van der Waals surface area contributed by atoms with Crippen LogP contribution in [0.15, 0.2) is 48.7 Å². The summed E-state index contributed by atoms with van der Waals surface area (Å²) in [6.07, 6.45) is 3.49. The molecule has 1 saturated carbocycles. The van der Waals surface area contributed by atoms with Crippen LogP contribution in [-0.4, -0.2) is 19.7 Å². The first-order valence-electron chi connectivity index (χ1n) is 8.56. The van der Waals surface area contributed by atoms with Crippen molar-refractivity contribution in [1.29, 1.82) is 0 Å². The number of hydrogen-bond donors (Lipinski definition) is 0. The minimum Gasteiger partial charge on any atom is -0.321 e. The third kappa shape index (κ3) is 2.75. The van der Waals surface area contributed by atoms with Gasteiger partial charge in [-0.25, -0.2) is 18.2 Å². The van der Waals surface area contributed by atoms with Gasteiger partial charge in [0.15, 0.2) is 11.6 Å². The molecule has 2 heterocycles. The van der Waals surface area contributed by atoms with Crippen molar-refractivity contribution in [2.24, 2.45) is 0 Å².